The Morgan fingerprint density at radius 2 is 2.28 bits per heavy atom. The molecule has 1 aromatic heterocycles. The van der Waals surface area contributed by atoms with Crippen molar-refractivity contribution >= 4 is 5.97 Å². The zero-order valence-electron chi connectivity index (χ0n) is 11.0. The molecule has 0 amide bonds. The number of rotatable bonds is 6. The lowest BCUT2D eigenvalue weighted by atomic mass is 9.83. The van der Waals surface area contributed by atoms with Gasteiger partial charge in [0.05, 0.1) is 7.11 Å². The Kier molecular flexibility index (Phi) is 4.42. The van der Waals surface area contributed by atoms with Gasteiger partial charge in [0.25, 0.3) is 0 Å². The number of ether oxygens (including phenoxy) is 2. The average Bonchev–Trinajstić information content (AvgIpc) is 2.80. The maximum absolute atomic E-state index is 11.2. The van der Waals surface area contributed by atoms with Gasteiger partial charge in [-0.25, -0.2) is 4.79 Å². The zero-order valence-corrected chi connectivity index (χ0v) is 11.0. The molecule has 2 rings (SSSR count). The second kappa shape index (κ2) is 6.05. The molecular weight excluding hydrogens is 232 g/mol. The van der Waals surface area contributed by atoms with Crippen LogP contribution in [0, 0.1) is 5.92 Å². The summed E-state index contributed by atoms with van der Waals surface area (Å²) < 4.78 is 15.7. The number of hydrogen-bond acceptors (Lipinski definition) is 4. The Balaban J connectivity index is 1.78. The van der Waals surface area contributed by atoms with Gasteiger partial charge in [0.1, 0.15) is 11.9 Å². The van der Waals surface area contributed by atoms with Crippen molar-refractivity contribution in [3.8, 4) is 0 Å². The van der Waals surface area contributed by atoms with Gasteiger partial charge in [-0.05, 0) is 31.4 Å². The summed E-state index contributed by atoms with van der Waals surface area (Å²) >= 11 is 0. The number of carbonyl (C=O) groups excluding carboxylic acids is 1. The first-order valence-corrected chi connectivity index (χ1v) is 6.50. The Hall–Kier alpha value is -1.29. The second-order valence-electron chi connectivity index (χ2n) is 4.79. The van der Waals surface area contributed by atoms with E-state index in [1.165, 1.54) is 26.4 Å². The van der Waals surface area contributed by atoms with Gasteiger partial charge in [-0.1, -0.05) is 19.3 Å². The molecule has 1 fully saturated rings. The predicted octanol–water partition coefficient (Wildman–Crippen LogP) is 3.33. The van der Waals surface area contributed by atoms with Gasteiger partial charge in [-0.15, -0.1) is 0 Å². The van der Waals surface area contributed by atoms with Gasteiger partial charge in [0.15, 0.2) is 0 Å². The summed E-state index contributed by atoms with van der Waals surface area (Å²) in [6, 6.07) is 3.38. The molecule has 1 unspecified atom stereocenters. The van der Waals surface area contributed by atoms with Crippen molar-refractivity contribution < 1.29 is 18.7 Å². The van der Waals surface area contributed by atoms with Gasteiger partial charge < -0.3 is 13.9 Å². The maximum atomic E-state index is 11.2. The van der Waals surface area contributed by atoms with Crippen LogP contribution >= 0.6 is 0 Å². The molecule has 1 saturated carbocycles. The van der Waals surface area contributed by atoms with Gasteiger partial charge >= 0.3 is 5.97 Å². The first kappa shape index (κ1) is 13.1. The largest absolute Gasteiger partial charge is 0.463 e. The van der Waals surface area contributed by atoms with Crippen molar-refractivity contribution in [2.75, 3.05) is 13.7 Å². The van der Waals surface area contributed by atoms with E-state index < -0.39 is 5.97 Å². The van der Waals surface area contributed by atoms with Gasteiger partial charge in [0, 0.05) is 6.61 Å². The normalized spacial score (nSPS) is 17.2. The maximum Gasteiger partial charge on any atom is 0.373 e. The molecule has 18 heavy (non-hydrogen) atoms. The van der Waals surface area contributed by atoms with Crippen LogP contribution in [0.3, 0.4) is 0 Å². The first-order valence-electron chi connectivity index (χ1n) is 6.50. The molecule has 4 heteroatoms. The third-order valence-corrected chi connectivity index (χ3v) is 3.53. The summed E-state index contributed by atoms with van der Waals surface area (Å²) in [6.07, 6.45) is 5.04. The SMILES string of the molecule is COC(=O)c1ccc(C(C)OCCC2CCC2)o1. The van der Waals surface area contributed by atoms with Crippen molar-refractivity contribution in [3.05, 3.63) is 23.7 Å². The Labute approximate surface area is 107 Å². The Morgan fingerprint density at radius 1 is 1.50 bits per heavy atom. The smallest absolute Gasteiger partial charge is 0.373 e. The van der Waals surface area contributed by atoms with E-state index in [1.807, 2.05) is 6.92 Å². The van der Waals surface area contributed by atoms with Crippen LogP contribution in [0.5, 0.6) is 0 Å². The van der Waals surface area contributed by atoms with Crippen LogP contribution in [0.2, 0.25) is 0 Å². The third-order valence-electron chi connectivity index (χ3n) is 3.53. The molecule has 0 spiro atoms. The minimum Gasteiger partial charge on any atom is -0.463 e. The van der Waals surface area contributed by atoms with E-state index in [9.17, 15) is 4.79 Å². The first-order chi connectivity index (χ1) is 8.70. The quantitative estimate of drug-likeness (QED) is 0.728. The molecule has 1 heterocycles. The predicted molar refractivity (Wildman–Crippen MR) is 66.4 cm³/mol. The van der Waals surface area contributed by atoms with Crippen molar-refractivity contribution in [2.24, 2.45) is 5.92 Å². The summed E-state index contributed by atoms with van der Waals surface area (Å²) in [6.45, 7) is 2.68. The number of hydrogen-bond donors (Lipinski definition) is 0. The van der Waals surface area contributed by atoms with Crippen molar-refractivity contribution in [3.63, 3.8) is 0 Å². The fourth-order valence-corrected chi connectivity index (χ4v) is 2.06. The molecule has 1 aliphatic rings. The molecule has 1 aromatic rings. The van der Waals surface area contributed by atoms with Gasteiger partial charge in [0.2, 0.25) is 5.76 Å². The fourth-order valence-electron chi connectivity index (χ4n) is 2.06. The number of furan rings is 1. The highest BCUT2D eigenvalue weighted by atomic mass is 16.5. The van der Waals surface area contributed by atoms with Crippen molar-refractivity contribution in [2.45, 2.75) is 38.7 Å². The third kappa shape index (κ3) is 3.13. The van der Waals surface area contributed by atoms with E-state index >= 15 is 0 Å². The van der Waals surface area contributed by atoms with Crippen LogP contribution in [-0.2, 0) is 9.47 Å². The van der Waals surface area contributed by atoms with E-state index in [2.05, 4.69) is 4.74 Å². The summed E-state index contributed by atoms with van der Waals surface area (Å²) in [7, 11) is 1.34. The average molecular weight is 252 g/mol. The highest BCUT2D eigenvalue weighted by Gasteiger charge is 2.19. The van der Waals surface area contributed by atoms with Crippen molar-refractivity contribution in [1.82, 2.24) is 0 Å². The number of methoxy groups -OCH3 is 1. The topological polar surface area (TPSA) is 48.7 Å². The molecule has 1 atom stereocenters. The molecule has 1 aliphatic carbocycles. The molecule has 0 bridgehead atoms. The summed E-state index contributed by atoms with van der Waals surface area (Å²) in [5.41, 5.74) is 0. The molecular formula is C14H20O4. The Bertz CT molecular complexity index is 392. The zero-order chi connectivity index (χ0) is 13.0. The van der Waals surface area contributed by atoms with Crippen LogP contribution in [0.4, 0.5) is 0 Å². The van der Waals surface area contributed by atoms with Crippen LogP contribution in [0.15, 0.2) is 16.5 Å². The van der Waals surface area contributed by atoms with Crippen molar-refractivity contribution in [1.29, 1.82) is 0 Å². The Morgan fingerprint density at radius 3 is 2.89 bits per heavy atom. The van der Waals surface area contributed by atoms with Crippen LogP contribution in [0.25, 0.3) is 0 Å². The minimum absolute atomic E-state index is 0.122. The second-order valence-corrected chi connectivity index (χ2v) is 4.79. The lowest BCUT2D eigenvalue weighted by Crippen LogP contribution is -2.14. The summed E-state index contributed by atoms with van der Waals surface area (Å²) in [4.78, 5) is 11.2. The fraction of sp³-hybridized carbons (Fsp3) is 0.643. The van der Waals surface area contributed by atoms with E-state index in [1.54, 1.807) is 12.1 Å². The van der Waals surface area contributed by atoms with Gasteiger partial charge in [-0.2, -0.15) is 0 Å². The molecule has 0 radical (unpaired) electrons. The standard InChI is InChI=1S/C14H20O4/c1-10(17-9-8-11-4-3-5-11)12-6-7-13(18-12)14(15)16-2/h6-7,10-11H,3-5,8-9H2,1-2H3. The van der Waals surface area contributed by atoms with Gasteiger partial charge in [-0.3, -0.25) is 0 Å². The lowest BCUT2D eigenvalue weighted by Gasteiger charge is -2.25. The molecule has 100 valence electrons. The van der Waals surface area contributed by atoms with E-state index in [0.29, 0.717) is 5.76 Å². The minimum atomic E-state index is -0.456. The van der Waals surface area contributed by atoms with E-state index in [-0.39, 0.29) is 11.9 Å². The van der Waals surface area contributed by atoms with E-state index in [4.69, 9.17) is 9.15 Å². The molecule has 0 N–H and O–H groups in total. The lowest BCUT2D eigenvalue weighted by molar-refractivity contribution is 0.0332. The highest BCUT2D eigenvalue weighted by Crippen LogP contribution is 2.30. The summed E-state index contributed by atoms with van der Waals surface area (Å²) in [5, 5.41) is 0. The monoisotopic (exact) mass is 252 g/mol. The van der Waals surface area contributed by atoms with Crippen LogP contribution in [0.1, 0.15) is 55.0 Å². The highest BCUT2D eigenvalue weighted by molar-refractivity contribution is 5.86. The molecule has 0 aliphatic heterocycles. The molecule has 0 saturated heterocycles. The summed E-state index contributed by atoms with van der Waals surface area (Å²) in [5.74, 6) is 1.29. The van der Waals surface area contributed by atoms with Crippen LogP contribution < -0.4 is 0 Å². The van der Waals surface area contributed by atoms with E-state index in [0.717, 1.165) is 18.9 Å². The number of carbonyl (C=O) groups is 1. The number of esters is 1. The van der Waals surface area contributed by atoms with Crippen LogP contribution in [-0.4, -0.2) is 19.7 Å². The molecule has 0 aromatic carbocycles. The molecule has 4 nitrogen and oxygen atoms in total.